The molecule has 0 spiro atoms. The lowest BCUT2D eigenvalue weighted by Gasteiger charge is -2.14. The Morgan fingerprint density at radius 2 is 1.96 bits per heavy atom. The molecular weight excluding hydrogens is 334 g/mol. The van der Waals surface area contributed by atoms with E-state index in [1.54, 1.807) is 29.9 Å². The molecule has 4 rings (SSSR count). The lowest BCUT2D eigenvalue weighted by Crippen LogP contribution is -2.07. The van der Waals surface area contributed by atoms with E-state index in [4.69, 9.17) is 4.52 Å². The molecule has 0 saturated heterocycles. The van der Waals surface area contributed by atoms with E-state index in [0.29, 0.717) is 11.7 Å². The van der Waals surface area contributed by atoms with Gasteiger partial charge in [-0.05, 0) is 23.9 Å². The van der Waals surface area contributed by atoms with Crippen LogP contribution >= 0.6 is 11.3 Å². The van der Waals surface area contributed by atoms with Crippen LogP contribution in [0, 0.1) is 0 Å². The van der Waals surface area contributed by atoms with E-state index in [2.05, 4.69) is 32.3 Å². The van der Waals surface area contributed by atoms with Crippen molar-refractivity contribution in [3.05, 3.63) is 65.2 Å². The first-order chi connectivity index (χ1) is 12.3. The Hall–Kier alpha value is -3.06. The number of hydrogen-bond donors (Lipinski definition) is 1. The highest BCUT2D eigenvalue weighted by molar-refractivity contribution is 7.08. The van der Waals surface area contributed by atoms with E-state index in [-0.39, 0.29) is 6.04 Å². The molecule has 0 bridgehead atoms. The van der Waals surface area contributed by atoms with Crippen LogP contribution in [0.2, 0.25) is 0 Å². The molecule has 3 aromatic heterocycles. The summed E-state index contributed by atoms with van der Waals surface area (Å²) in [6.07, 6.45) is 5.02. The third-order valence-electron chi connectivity index (χ3n) is 3.79. The average molecular weight is 349 g/mol. The Bertz CT molecular complexity index is 935. The third-order valence-corrected chi connectivity index (χ3v) is 4.47. The Labute approximate surface area is 148 Å². The maximum atomic E-state index is 5.34. The van der Waals surface area contributed by atoms with E-state index in [9.17, 15) is 0 Å². The number of aromatic nitrogens is 4. The van der Waals surface area contributed by atoms with Gasteiger partial charge in [0.05, 0.1) is 11.8 Å². The van der Waals surface area contributed by atoms with Gasteiger partial charge in [-0.3, -0.25) is 4.98 Å². The minimum Gasteiger partial charge on any atom is -0.362 e. The largest absolute Gasteiger partial charge is 0.362 e. The fraction of sp³-hybridized carbons (Fsp3) is 0.111. The highest BCUT2D eigenvalue weighted by atomic mass is 32.1. The summed E-state index contributed by atoms with van der Waals surface area (Å²) in [5, 5.41) is 11.4. The van der Waals surface area contributed by atoms with Crippen LogP contribution < -0.4 is 5.32 Å². The van der Waals surface area contributed by atoms with Gasteiger partial charge in [0, 0.05) is 29.4 Å². The number of anilines is 1. The van der Waals surface area contributed by atoms with Crippen LogP contribution in [-0.4, -0.2) is 20.1 Å². The van der Waals surface area contributed by atoms with Crippen molar-refractivity contribution in [2.75, 3.05) is 5.32 Å². The normalized spacial score (nSPS) is 12.0. The fourth-order valence-electron chi connectivity index (χ4n) is 2.44. The average Bonchev–Trinajstić information content (AvgIpc) is 3.34. The number of rotatable bonds is 5. The molecule has 1 unspecified atom stereocenters. The first-order valence-electron chi connectivity index (χ1n) is 7.79. The first kappa shape index (κ1) is 15.5. The molecule has 6 nitrogen and oxygen atoms in total. The second-order valence-corrected chi connectivity index (χ2v) is 6.29. The van der Waals surface area contributed by atoms with E-state index >= 15 is 0 Å². The van der Waals surface area contributed by atoms with Crippen molar-refractivity contribution >= 4 is 17.2 Å². The first-order valence-corrected chi connectivity index (χ1v) is 8.73. The van der Waals surface area contributed by atoms with Crippen LogP contribution in [0.3, 0.4) is 0 Å². The molecule has 0 aliphatic rings. The van der Waals surface area contributed by atoms with Crippen molar-refractivity contribution in [2.24, 2.45) is 0 Å². The van der Waals surface area contributed by atoms with Crippen molar-refractivity contribution < 1.29 is 4.52 Å². The Morgan fingerprint density at radius 3 is 2.68 bits per heavy atom. The number of thiophene rings is 1. The minimum atomic E-state index is 0.109. The molecule has 25 heavy (non-hydrogen) atoms. The van der Waals surface area contributed by atoms with E-state index in [1.807, 2.05) is 41.1 Å². The van der Waals surface area contributed by atoms with Crippen molar-refractivity contribution in [3.8, 4) is 22.8 Å². The summed E-state index contributed by atoms with van der Waals surface area (Å²) >= 11 is 1.60. The highest BCUT2D eigenvalue weighted by Crippen LogP contribution is 2.25. The summed E-state index contributed by atoms with van der Waals surface area (Å²) < 4.78 is 5.34. The van der Waals surface area contributed by atoms with Crippen LogP contribution in [0.25, 0.3) is 22.8 Å². The quantitative estimate of drug-likeness (QED) is 0.574. The fourth-order valence-corrected chi connectivity index (χ4v) is 3.07. The monoisotopic (exact) mass is 349 g/mol. The molecular formula is C18H15N5OS. The van der Waals surface area contributed by atoms with Crippen LogP contribution in [0.15, 0.2) is 64.2 Å². The summed E-state index contributed by atoms with van der Waals surface area (Å²) in [5.74, 6) is 1.87. The molecule has 0 saturated carbocycles. The van der Waals surface area contributed by atoms with Crippen molar-refractivity contribution in [3.63, 3.8) is 0 Å². The maximum Gasteiger partial charge on any atom is 0.259 e. The molecule has 3 heterocycles. The molecule has 124 valence electrons. The molecule has 0 amide bonds. The maximum absolute atomic E-state index is 5.34. The molecule has 0 aliphatic heterocycles. The number of hydrogen-bond acceptors (Lipinski definition) is 7. The Morgan fingerprint density at radius 1 is 1.08 bits per heavy atom. The van der Waals surface area contributed by atoms with E-state index < -0.39 is 0 Å². The zero-order chi connectivity index (χ0) is 17.1. The number of nitrogens with one attached hydrogen (secondary N) is 1. The van der Waals surface area contributed by atoms with Gasteiger partial charge in [0.1, 0.15) is 5.82 Å². The predicted molar refractivity (Wildman–Crippen MR) is 97.1 cm³/mol. The smallest absolute Gasteiger partial charge is 0.259 e. The van der Waals surface area contributed by atoms with Crippen molar-refractivity contribution in [1.29, 1.82) is 0 Å². The highest BCUT2D eigenvalue weighted by Gasteiger charge is 2.12. The van der Waals surface area contributed by atoms with Crippen LogP contribution in [-0.2, 0) is 0 Å². The van der Waals surface area contributed by atoms with Gasteiger partial charge in [-0.1, -0.05) is 29.4 Å². The van der Waals surface area contributed by atoms with Gasteiger partial charge in [0.2, 0.25) is 5.82 Å². The number of benzene rings is 1. The van der Waals surface area contributed by atoms with E-state index in [1.165, 1.54) is 0 Å². The summed E-state index contributed by atoms with van der Waals surface area (Å²) in [6.45, 7) is 2.08. The zero-order valence-corrected chi connectivity index (χ0v) is 14.3. The molecule has 1 aromatic carbocycles. The lowest BCUT2D eigenvalue weighted by atomic mass is 10.1. The second-order valence-electron chi connectivity index (χ2n) is 5.51. The molecule has 0 fully saturated rings. The van der Waals surface area contributed by atoms with Gasteiger partial charge in [0.15, 0.2) is 0 Å². The van der Waals surface area contributed by atoms with Crippen molar-refractivity contribution in [2.45, 2.75) is 13.0 Å². The van der Waals surface area contributed by atoms with Gasteiger partial charge >= 0.3 is 0 Å². The summed E-state index contributed by atoms with van der Waals surface area (Å²) in [6, 6.07) is 10.1. The molecule has 0 aliphatic carbocycles. The van der Waals surface area contributed by atoms with Gasteiger partial charge in [-0.15, -0.1) is 0 Å². The van der Waals surface area contributed by atoms with Gasteiger partial charge in [0.25, 0.3) is 5.89 Å². The van der Waals surface area contributed by atoms with Crippen LogP contribution in [0.5, 0.6) is 0 Å². The molecule has 0 radical (unpaired) electrons. The second kappa shape index (κ2) is 6.82. The topological polar surface area (TPSA) is 76.7 Å². The molecule has 1 atom stereocenters. The third kappa shape index (κ3) is 3.41. The van der Waals surface area contributed by atoms with E-state index in [0.717, 1.165) is 22.5 Å². The van der Waals surface area contributed by atoms with Crippen molar-refractivity contribution in [1.82, 2.24) is 20.1 Å². The summed E-state index contributed by atoms with van der Waals surface area (Å²) in [4.78, 5) is 12.7. The molecule has 1 N–H and O–H groups in total. The van der Waals surface area contributed by atoms with Gasteiger partial charge in [-0.25, -0.2) is 4.98 Å². The molecule has 7 heteroatoms. The minimum absolute atomic E-state index is 0.109. The zero-order valence-electron chi connectivity index (χ0n) is 13.5. The Kier molecular flexibility index (Phi) is 4.22. The SMILES string of the molecule is CC(Nc1cnccn1)c1ccc(-c2noc(-c3ccsc3)n2)cc1. The van der Waals surface area contributed by atoms with Gasteiger partial charge in [-0.2, -0.15) is 16.3 Å². The lowest BCUT2D eigenvalue weighted by molar-refractivity contribution is 0.432. The number of nitrogens with zero attached hydrogens (tertiary/aromatic N) is 4. The standard InChI is InChI=1S/C18H15N5OS/c1-12(21-16-10-19-7-8-20-16)13-2-4-14(5-3-13)17-22-18(24-23-17)15-6-9-25-11-15/h2-12H,1H3,(H,20,21). The predicted octanol–water partition coefficient (Wildman–Crippen LogP) is 4.43. The summed E-state index contributed by atoms with van der Waals surface area (Å²) in [5.41, 5.74) is 3.00. The molecule has 4 aromatic rings. The Balaban J connectivity index is 1.50. The summed E-state index contributed by atoms with van der Waals surface area (Å²) in [7, 11) is 0. The van der Waals surface area contributed by atoms with Crippen LogP contribution in [0.4, 0.5) is 5.82 Å². The van der Waals surface area contributed by atoms with Crippen LogP contribution in [0.1, 0.15) is 18.5 Å². The van der Waals surface area contributed by atoms with Gasteiger partial charge < -0.3 is 9.84 Å².